The number of nitrogen functional groups attached to an aromatic ring is 1. The van der Waals surface area contributed by atoms with E-state index < -0.39 is 0 Å². The average molecular weight is 266 g/mol. The van der Waals surface area contributed by atoms with E-state index in [4.69, 9.17) is 5.73 Å². The number of aryl methyl sites for hydroxylation is 2. The third kappa shape index (κ3) is 2.51. The Kier molecular flexibility index (Phi) is 3.39. The van der Waals surface area contributed by atoms with Crippen LogP contribution in [0.4, 0.5) is 11.4 Å². The Hall–Kier alpha value is -1.96. The number of benzene rings is 2. The van der Waals surface area contributed by atoms with Gasteiger partial charge in [0.1, 0.15) is 0 Å². The van der Waals surface area contributed by atoms with Gasteiger partial charge in [0, 0.05) is 30.4 Å². The molecule has 2 aromatic carbocycles. The number of anilines is 2. The number of nitrogens with two attached hydrogens (primary N) is 1. The molecule has 0 aromatic heterocycles. The Labute approximate surface area is 121 Å². The van der Waals surface area contributed by atoms with Gasteiger partial charge in [-0.15, -0.1) is 0 Å². The zero-order valence-electron chi connectivity index (χ0n) is 12.3. The highest BCUT2D eigenvalue weighted by Crippen LogP contribution is 2.33. The monoisotopic (exact) mass is 266 g/mol. The maximum atomic E-state index is 5.77. The lowest BCUT2D eigenvalue weighted by molar-refractivity contribution is 0.775. The van der Waals surface area contributed by atoms with Crippen molar-refractivity contribution < 1.29 is 0 Å². The van der Waals surface area contributed by atoms with Crippen molar-refractivity contribution in [3.05, 3.63) is 59.2 Å². The number of hydrogen-bond donors (Lipinski definition) is 1. The summed E-state index contributed by atoms with van der Waals surface area (Å²) >= 11 is 0. The van der Waals surface area contributed by atoms with Crippen molar-refractivity contribution in [2.24, 2.45) is 0 Å². The second-order valence-corrected chi connectivity index (χ2v) is 5.89. The van der Waals surface area contributed by atoms with Crippen LogP contribution in [0.2, 0.25) is 0 Å². The van der Waals surface area contributed by atoms with Gasteiger partial charge in [0.2, 0.25) is 0 Å². The van der Waals surface area contributed by atoms with Crippen LogP contribution in [0.5, 0.6) is 0 Å². The third-order valence-corrected chi connectivity index (χ3v) is 4.30. The molecule has 3 rings (SSSR count). The van der Waals surface area contributed by atoms with Gasteiger partial charge in [0.15, 0.2) is 0 Å². The van der Waals surface area contributed by atoms with Gasteiger partial charge in [-0.2, -0.15) is 0 Å². The van der Waals surface area contributed by atoms with Crippen LogP contribution in [0.3, 0.4) is 0 Å². The van der Waals surface area contributed by atoms with Crippen molar-refractivity contribution in [2.45, 2.75) is 26.2 Å². The molecule has 0 spiro atoms. The molecule has 0 amide bonds. The highest BCUT2D eigenvalue weighted by molar-refractivity contribution is 5.56. The first-order chi connectivity index (χ1) is 9.63. The van der Waals surface area contributed by atoms with Gasteiger partial charge in [-0.25, -0.2) is 0 Å². The maximum Gasteiger partial charge on any atom is 0.0398 e. The van der Waals surface area contributed by atoms with Gasteiger partial charge in [-0.3, -0.25) is 0 Å². The summed E-state index contributed by atoms with van der Waals surface area (Å²) in [5.41, 5.74) is 12.1. The zero-order chi connectivity index (χ0) is 14.1. The predicted octanol–water partition coefficient (Wildman–Crippen LogP) is 3.88. The van der Waals surface area contributed by atoms with Crippen LogP contribution in [0.1, 0.15) is 29.0 Å². The summed E-state index contributed by atoms with van der Waals surface area (Å²) in [7, 11) is 0. The molecule has 0 saturated carbocycles. The molecular weight excluding hydrogens is 244 g/mol. The van der Waals surface area contributed by atoms with Crippen LogP contribution in [0.15, 0.2) is 42.5 Å². The fourth-order valence-electron chi connectivity index (χ4n) is 3.08. The number of nitrogens with zero attached hydrogens (tertiary/aromatic N) is 1. The van der Waals surface area contributed by atoms with Gasteiger partial charge >= 0.3 is 0 Å². The summed E-state index contributed by atoms with van der Waals surface area (Å²) in [6.45, 7) is 6.61. The second-order valence-electron chi connectivity index (χ2n) is 5.89. The van der Waals surface area contributed by atoms with E-state index in [1.165, 1.54) is 28.8 Å². The highest BCUT2D eigenvalue weighted by atomic mass is 15.2. The second kappa shape index (κ2) is 5.20. The van der Waals surface area contributed by atoms with Crippen molar-refractivity contribution >= 4 is 11.4 Å². The van der Waals surface area contributed by atoms with Crippen LogP contribution in [-0.4, -0.2) is 13.1 Å². The molecule has 1 aliphatic rings. The molecule has 0 radical (unpaired) electrons. The van der Waals surface area contributed by atoms with Crippen molar-refractivity contribution in [1.29, 1.82) is 0 Å². The Morgan fingerprint density at radius 3 is 2.55 bits per heavy atom. The van der Waals surface area contributed by atoms with Gasteiger partial charge in [-0.05, 0) is 55.2 Å². The average Bonchev–Trinajstić information content (AvgIpc) is 2.92. The fraction of sp³-hybridized carbons (Fsp3) is 0.333. The standard InChI is InChI=1S/C18H22N2/c1-13-3-4-14(2)18(11-13)20-10-9-16(12-20)15-5-7-17(19)8-6-15/h3-8,11,16H,9-10,12,19H2,1-2H3. The van der Waals surface area contributed by atoms with Crippen LogP contribution in [0.25, 0.3) is 0 Å². The Bertz CT molecular complexity index is 601. The van der Waals surface area contributed by atoms with E-state index in [0.29, 0.717) is 5.92 Å². The first-order valence-electron chi connectivity index (χ1n) is 7.31. The largest absolute Gasteiger partial charge is 0.399 e. The van der Waals surface area contributed by atoms with Crippen molar-refractivity contribution in [3.8, 4) is 0 Å². The molecule has 1 fully saturated rings. The first-order valence-corrected chi connectivity index (χ1v) is 7.31. The van der Waals surface area contributed by atoms with Gasteiger partial charge in [-0.1, -0.05) is 24.3 Å². The van der Waals surface area contributed by atoms with E-state index in [2.05, 4.69) is 49.1 Å². The fourth-order valence-corrected chi connectivity index (χ4v) is 3.08. The molecular formula is C18H22N2. The highest BCUT2D eigenvalue weighted by Gasteiger charge is 2.24. The van der Waals surface area contributed by atoms with Crippen molar-refractivity contribution in [2.75, 3.05) is 23.7 Å². The van der Waals surface area contributed by atoms with E-state index in [9.17, 15) is 0 Å². The smallest absolute Gasteiger partial charge is 0.0398 e. The molecule has 2 nitrogen and oxygen atoms in total. The summed E-state index contributed by atoms with van der Waals surface area (Å²) in [5.74, 6) is 0.621. The summed E-state index contributed by atoms with van der Waals surface area (Å²) in [4.78, 5) is 2.52. The van der Waals surface area contributed by atoms with Crippen LogP contribution < -0.4 is 10.6 Å². The lowest BCUT2D eigenvalue weighted by atomic mass is 9.98. The van der Waals surface area contributed by atoms with E-state index in [1.54, 1.807) is 0 Å². The quantitative estimate of drug-likeness (QED) is 0.836. The topological polar surface area (TPSA) is 29.3 Å². The van der Waals surface area contributed by atoms with Gasteiger partial charge < -0.3 is 10.6 Å². The maximum absolute atomic E-state index is 5.77. The summed E-state index contributed by atoms with van der Waals surface area (Å²) in [6, 6.07) is 15.1. The molecule has 1 atom stereocenters. The lowest BCUT2D eigenvalue weighted by Crippen LogP contribution is -2.20. The Morgan fingerprint density at radius 2 is 1.80 bits per heavy atom. The minimum Gasteiger partial charge on any atom is -0.399 e. The molecule has 20 heavy (non-hydrogen) atoms. The summed E-state index contributed by atoms with van der Waals surface area (Å²) in [5, 5.41) is 0. The van der Waals surface area contributed by atoms with Gasteiger partial charge in [0.25, 0.3) is 0 Å². The first kappa shape index (κ1) is 13.0. The van der Waals surface area contributed by atoms with E-state index in [1.807, 2.05) is 12.1 Å². The normalized spacial score (nSPS) is 18.5. The van der Waals surface area contributed by atoms with E-state index >= 15 is 0 Å². The van der Waals surface area contributed by atoms with E-state index in [-0.39, 0.29) is 0 Å². The molecule has 1 heterocycles. The molecule has 2 heteroatoms. The molecule has 0 bridgehead atoms. The van der Waals surface area contributed by atoms with Crippen LogP contribution >= 0.6 is 0 Å². The Morgan fingerprint density at radius 1 is 1.05 bits per heavy atom. The lowest BCUT2D eigenvalue weighted by Gasteiger charge is -2.21. The molecule has 0 aliphatic carbocycles. The minimum absolute atomic E-state index is 0.621. The molecule has 2 N–H and O–H groups in total. The summed E-state index contributed by atoms with van der Waals surface area (Å²) < 4.78 is 0. The molecule has 1 saturated heterocycles. The minimum atomic E-state index is 0.621. The van der Waals surface area contributed by atoms with Crippen molar-refractivity contribution in [1.82, 2.24) is 0 Å². The number of rotatable bonds is 2. The molecule has 2 aromatic rings. The third-order valence-electron chi connectivity index (χ3n) is 4.30. The zero-order valence-corrected chi connectivity index (χ0v) is 12.3. The molecule has 1 aliphatic heterocycles. The number of hydrogen-bond acceptors (Lipinski definition) is 2. The van der Waals surface area contributed by atoms with Crippen molar-refractivity contribution in [3.63, 3.8) is 0 Å². The summed E-state index contributed by atoms with van der Waals surface area (Å²) in [6.07, 6.45) is 1.22. The van der Waals surface area contributed by atoms with E-state index in [0.717, 1.165) is 18.8 Å². The Balaban J connectivity index is 1.79. The molecule has 1 unspecified atom stereocenters. The SMILES string of the molecule is Cc1ccc(C)c(N2CCC(c3ccc(N)cc3)C2)c1. The predicted molar refractivity (Wildman–Crippen MR) is 86.3 cm³/mol. The van der Waals surface area contributed by atoms with Crippen LogP contribution in [0, 0.1) is 13.8 Å². The molecule has 104 valence electrons. The van der Waals surface area contributed by atoms with Gasteiger partial charge in [0.05, 0.1) is 0 Å². The van der Waals surface area contributed by atoms with Crippen LogP contribution in [-0.2, 0) is 0 Å².